The van der Waals surface area contributed by atoms with Gasteiger partial charge in [0.05, 0.1) is 7.11 Å². The highest BCUT2D eigenvalue weighted by Crippen LogP contribution is 2.33. The molecule has 1 aliphatic rings. The lowest BCUT2D eigenvalue weighted by Gasteiger charge is -2.22. The molecule has 2 aromatic carbocycles. The van der Waals surface area contributed by atoms with Crippen molar-refractivity contribution in [3.05, 3.63) is 65.2 Å². The minimum atomic E-state index is 0.465. The topological polar surface area (TPSA) is 9.23 Å². The second kappa shape index (κ2) is 7.68. The summed E-state index contributed by atoms with van der Waals surface area (Å²) >= 11 is 0. The quantitative estimate of drug-likeness (QED) is 0.649. The Bertz CT molecular complexity index is 608. The number of hydrogen-bond acceptors (Lipinski definition) is 1. The van der Waals surface area contributed by atoms with Crippen LogP contribution >= 0.6 is 0 Å². The van der Waals surface area contributed by atoms with Gasteiger partial charge in [0, 0.05) is 0 Å². The zero-order chi connectivity index (χ0) is 16.1. The Labute approximate surface area is 140 Å². The Morgan fingerprint density at radius 3 is 2.35 bits per heavy atom. The van der Waals surface area contributed by atoms with Crippen LogP contribution in [0.1, 0.15) is 67.6 Å². The number of ether oxygens (including phenoxy) is 1. The Morgan fingerprint density at radius 1 is 0.957 bits per heavy atom. The van der Waals surface area contributed by atoms with E-state index in [-0.39, 0.29) is 0 Å². The van der Waals surface area contributed by atoms with Gasteiger partial charge in [0.15, 0.2) is 0 Å². The van der Waals surface area contributed by atoms with Crippen LogP contribution < -0.4 is 4.74 Å². The van der Waals surface area contributed by atoms with E-state index >= 15 is 0 Å². The maximum Gasteiger partial charge on any atom is 0.122 e. The molecule has 0 N–H and O–H groups in total. The van der Waals surface area contributed by atoms with Crippen molar-refractivity contribution in [1.82, 2.24) is 0 Å². The molecule has 0 radical (unpaired) electrons. The minimum absolute atomic E-state index is 0.465. The van der Waals surface area contributed by atoms with Gasteiger partial charge in [-0.25, -0.2) is 0 Å². The number of rotatable bonds is 5. The van der Waals surface area contributed by atoms with Crippen molar-refractivity contribution in [2.24, 2.45) is 0 Å². The number of para-hydroxylation sites is 1. The largest absolute Gasteiger partial charge is 0.496 e. The van der Waals surface area contributed by atoms with E-state index in [9.17, 15) is 0 Å². The third-order valence-corrected chi connectivity index (χ3v) is 5.27. The molecule has 3 rings (SSSR count). The zero-order valence-electron chi connectivity index (χ0n) is 14.4. The first-order valence-corrected chi connectivity index (χ1v) is 8.99. The molecule has 1 heteroatoms. The van der Waals surface area contributed by atoms with Gasteiger partial charge in [-0.1, -0.05) is 68.7 Å². The predicted octanol–water partition coefficient (Wildman–Crippen LogP) is 6.09. The summed E-state index contributed by atoms with van der Waals surface area (Å²) < 4.78 is 5.50. The highest BCUT2D eigenvalue weighted by Gasteiger charge is 2.16. The smallest absolute Gasteiger partial charge is 0.122 e. The molecule has 1 fully saturated rings. The summed E-state index contributed by atoms with van der Waals surface area (Å²) in [7, 11) is 1.75. The molecular formula is C22H28O. The van der Waals surface area contributed by atoms with Crippen molar-refractivity contribution in [2.45, 2.75) is 57.3 Å². The van der Waals surface area contributed by atoms with Crippen LogP contribution in [0.25, 0.3) is 0 Å². The molecule has 0 aromatic heterocycles. The summed E-state index contributed by atoms with van der Waals surface area (Å²) in [6, 6.07) is 17.7. The Hall–Kier alpha value is -1.76. The maximum absolute atomic E-state index is 5.50. The zero-order valence-corrected chi connectivity index (χ0v) is 14.4. The van der Waals surface area contributed by atoms with Crippen LogP contribution in [0, 0.1) is 0 Å². The fraction of sp³-hybridized carbons (Fsp3) is 0.455. The van der Waals surface area contributed by atoms with E-state index in [4.69, 9.17) is 4.74 Å². The summed E-state index contributed by atoms with van der Waals surface area (Å²) in [4.78, 5) is 0. The SMILES string of the molecule is COc1ccccc1[C@H](C)Cc1ccc(C2CCCCC2)cc1. The van der Waals surface area contributed by atoms with E-state index in [1.165, 1.54) is 43.2 Å². The van der Waals surface area contributed by atoms with Crippen molar-refractivity contribution in [3.8, 4) is 5.75 Å². The van der Waals surface area contributed by atoms with E-state index < -0.39 is 0 Å². The van der Waals surface area contributed by atoms with Gasteiger partial charge in [-0.15, -0.1) is 0 Å². The molecule has 2 aromatic rings. The fourth-order valence-corrected chi connectivity index (χ4v) is 3.90. The molecule has 0 unspecified atom stereocenters. The first-order chi connectivity index (χ1) is 11.3. The first kappa shape index (κ1) is 16.1. The van der Waals surface area contributed by atoms with Gasteiger partial charge in [0.25, 0.3) is 0 Å². The average molecular weight is 308 g/mol. The van der Waals surface area contributed by atoms with Crippen molar-refractivity contribution >= 4 is 0 Å². The molecular weight excluding hydrogens is 280 g/mol. The molecule has 23 heavy (non-hydrogen) atoms. The molecule has 1 nitrogen and oxygen atoms in total. The number of methoxy groups -OCH3 is 1. The van der Waals surface area contributed by atoms with E-state index in [0.717, 1.165) is 18.1 Å². The molecule has 1 saturated carbocycles. The van der Waals surface area contributed by atoms with Gasteiger partial charge in [-0.2, -0.15) is 0 Å². The van der Waals surface area contributed by atoms with E-state index in [2.05, 4.69) is 49.4 Å². The Kier molecular flexibility index (Phi) is 5.38. The van der Waals surface area contributed by atoms with Crippen molar-refractivity contribution in [2.75, 3.05) is 7.11 Å². The normalized spacial score (nSPS) is 17.0. The summed E-state index contributed by atoms with van der Waals surface area (Å²) in [5, 5.41) is 0. The predicted molar refractivity (Wildman–Crippen MR) is 97.4 cm³/mol. The fourth-order valence-electron chi connectivity index (χ4n) is 3.90. The third kappa shape index (κ3) is 3.96. The lowest BCUT2D eigenvalue weighted by molar-refractivity contribution is 0.406. The van der Waals surface area contributed by atoms with Gasteiger partial charge >= 0.3 is 0 Å². The summed E-state index contributed by atoms with van der Waals surface area (Å²) in [5.41, 5.74) is 4.26. The first-order valence-electron chi connectivity index (χ1n) is 8.99. The molecule has 0 heterocycles. The molecule has 1 aliphatic carbocycles. The number of benzene rings is 2. The highest BCUT2D eigenvalue weighted by molar-refractivity contribution is 5.37. The van der Waals surface area contributed by atoms with Crippen LogP contribution in [-0.4, -0.2) is 7.11 Å². The van der Waals surface area contributed by atoms with E-state index in [1.54, 1.807) is 12.7 Å². The lowest BCUT2D eigenvalue weighted by Crippen LogP contribution is -2.05. The van der Waals surface area contributed by atoms with Gasteiger partial charge in [-0.05, 0) is 53.9 Å². The number of hydrogen-bond donors (Lipinski definition) is 0. The molecule has 0 bridgehead atoms. The Balaban J connectivity index is 1.68. The van der Waals surface area contributed by atoms with Crippen LogP contribution in [0.3, 0.4) is 0 Å². The molecule has 0 spiro atoms. The molecule has 0 saturated heterocycles. The van der Waals surface area contributed by atoms with Crippen molar-refractivity contribution in [1.29, 1.82) is 0 Å². The lowest BCUT2D eigenvalue weighted by atomic mass is 9.83. The standard InChI is InChI=1S/C22H28O/c1-17(21-10-6-7-11-22(21)23-2)16-18-12-14-20(15-13-18)19-8-4-3-5-9-19/h6-7,10-15,17,19H,3-5,8-9,16H2,1-2H3/t17-/m1/s1. The molecule has 122 valence electrons. The van der Waals surface area contributed by atoms with Crippen LogP contribution in [-0.2, 0) is 6.42 Å². The average Bonchev–Trinajstić information content (AvgIpc) is 2.63. The maximum atomic E-state index is 5.50. The minimum Gasteiger partial charge on any atom is -0.496 e. The van der Waals surface area contributed by atoms with E-state index in [1.807, 2.05) is 6.07 Å². The summed E-state index contributed by atoms with van der Waals surface area (Å²) in [5.74, 6) is 2.26. The van der Waals surface area contributed by atoms with Crippen LogP contribution in [0.2, 0.25) is 0 Å². The van der Waals surface area contributed by atoms with Gasteiger partial charge in [0.2, 0.25) is 0 Å². The third-order valence-electron chi connectivity index (χ3n) is 5.27. The van der Waals surface area contributed by atoms with Gasteiger partial charge in [0.1, 0.15) is 5.75 Å². The van der Waals surface area contributed by atoms with Crippen LogP contribution in [0.4, 0.5) is 0 Å². The van der Waals surface area contributed by atoms with Crippen LogP contribution in [0.15, 0.2) is 48.5 Å². The van der Waals surface area contributed by atoms with Crippen molar-refractivity contribution < 1.29 is 4.74 Å². The van der Waals surface area contributed by atoms with Gasteiger partial charge < -0.3 is 4.74 Å². The summed E-state index contributed by atoms with van der Waals surface area (Å²) in [6.45, 7) is 2.28. The monoisotopic (exact) mass is 308 g/mol. The molecule has 0 amide bonds. The highest BCUT2D eigenvalue weighted by atomic mass is 16.5. The Morgan fingerprint density at radius 2 is 1.65 bits per heavy atom. The molecule has 1 atom stereocenters. The van der Waals surface area contributed by atoms with Crippen LogP contribution in [0.5, 0.6) is 5.75 Å². The second-order valence-corrected chi connectivity index (χ2v) is 6.92. The second-order valence-electron chi connectivity index (χ2n) is 6.92. The van der Waals surface area contributed by atoms with E-state index in [0.29, 0.717) is 5.92 Å². The van der Waals surface area contributed by atoms with Gasteiger partial charge in [-0.3, -0.25) is 0 Å². The summed E-state index contributed by atoms with van der Waals surface area (Å²) in [6.07, 6.45) is 8.03. The van der Waals surface area contributed by atoms with Crippen molar-refractivity contribution in [3.63, 3.8) is 0 Å². The molecule has 0 aliphatic heterocycles.